The number of ether oxygens (including phenoxy) is 1. The van der Waals surface area contributed by atoms with Crippen LogP contribution in [0.4, 0.5) is 0 Å². The van der Waals surface area contributed by atoms with Crippen LogP contribution in [0.1, 0.15) is 25.7 Å². The molecule has 2 aliphatic rings. The summed E-state index contributed by atoms with van der Waals surface area (Å²) in [6, 6.07) is 0. The van der Waals surface area contributed by atoms with Gasteiger partial charge in [-0.15, -0.1) is 24.0 Å². The van der Waals surface area contributed by atoms with E-state index in [0.29, 0.717) is 32.0 Å². The standard InChI is InChI=1S/C12H23N3O3S.HI/c1-19(16,17)12(4-2-3-5-12)10-14-11(13)15-6-8-18-9-7-15;/h2-10H2,1H3,(H2,13,14);1H. The number of sulfone groups is 1. The number of nitrogens with zero attached hydrogens (tertiary/aromatic N) is 2. The third kappa shape index (κ3) is 3.97. The Morgan fingerprint density at radius 2 is 1.85 bits per heavy atom. The number of aliphatic imine (C=N–C) groups is 1. The first-order chi connectivity index (χ1) is 8.95. The van der Waals surface area contributed by atoms with Crippen molar-refractivity contribution in [3.8, 4) is 0 Å². The van der Waals surface area contributed by atoms with Crippen molar-refractivity contribution in [1.29, 1.82) is 0 Å². The van der Waals surface area contributed by atoms with E-state index in [1.54, 1.807) is 0 Å². The van der Waals surface area contributed by atoms with Crippen LogP contribution in [0.5, 0.6) is 0 Å². The Morgan fingerprint density at radius 1 is 1.30 bits per heavy atom. The zero-order valence-electron chi connectivity index (χ0n) is 11.9. The second kappa shape index (κ2) is 7.26. The van der Waals surface area contributed by atoms with Crippen LogP contribution in [0.2, 0.25) is 0 Å². The van der Waals surface area contributed by atoms with Crippen LogP contribution in [0.3, 0.4) is 0 Å². The van der Waals surface area contributed by atoms with Crippen molar-refractivity contribution in [3.63, 3.8) is 0 Å². The Hall–Kier alpha value is -0.0900. The largest absolute Gasteiger partial charge is 0.378 e. The maximum atomic E-state index is 12.0. The first kappa shape index (κ1) is 18.0. The molecule has 0 aromatic carbocycles. The summed E-state index contributed by atoms with van der Waals surface area (Å²) in [6.45, 7) is 3.03. The quantitative estimate of drug-likeness (QED) is 0.413. The lowest BCUT2D eigenvalue weighted by atomic mass is 10.1. The van der Waals surface area contributed by atoms with Crippen LogP contribution >= 0.6 is 24.0 Å². The first-order valence-corrected chi connectivity index (χ1v) is 8.66. The van der Waals surface area contributed by atoms with E-state index in [1.807, 2.05) is 4.90 Å². The van der Waals surface area contributed by atoms with E-state index >= 15 is 0 Å². The van der Waals surface area contributed by atoms with Crippen molar-refractivity contribution in [2.45, 2.75) is 30.4 Å². The zero-order chi connectivity index (χ0) is 13.9. The molecular formula is C12H24IN3O3S. The smallest absolute Gasteiger partial charge is 0.191 e. The van der Waals surface area contributed by atoms with E-state index < -0.39 is 14.6 Å². The molecule has 1 heterocycles. The van der Waals surface area contributed by atoms with Crippen LogP contribution in [-0.2, 0) is 14.6 Å². The summed E-state index contributed by atoms with van der Waals surface area (Å²) in [6.07, 6.45) is 4.64. The monoisotopic (exact) mass is 417 g/mol. The number of rotatable bonds is 3. The van der Waals surface area contributed by atoms with Gasteiger partial charge < -0.3 is 15.4 Å². The molecule has 0 radical (unpaired) electrons. The fraction of sp³-hybridized carbons (Fsp3) is 0.917. The summed E-state index contributed by atoms with van der Waals surface area (Å²) in [7, 11) is -3.10. The van der Waals surface area contributed by atoms with Gasteiger partial charge in [0.25, 0.3) is 0 Å². The Morgan fingerprint density at radius 3 is 2.35 bits per heavy atom. The molecule has 1 saturated heterocycles. The molecule has 6 nitrogen and oxygen atoms in total. The van der Waals surface area contributed by atoms with Crippen molar-refractivity contribution in [1.82, 2.24) is 4.90 Å². The highest BCUT2D eigenvalue weighted by atomic mass is 127. The van der Waals surface area contributed by atoms with Crippen LogP contribution in [0.25, 0.3) is 0 Å². The van der Waals surface area contributed by atoms with Crippen LogP contribution in [-0.4, -0.2) is 63.1 Å². The van der Waals surface area contributed by atoms with Gasteiger partial charge in [-0.05, 0) is 12.8 Å². The second-order valence-electron chi connectivity index (χ2n) is 5.44. The van der Waals surface area contributed by atoms with Crippen molar-refractivity contribution in [3.05, 3.63) is 0 Å². The van der Waals surface area contributed by atoms with E-state index in [2.05, 4.69) is 4.99 Å². The highest BCUT2D eigenvalue weighted by Crippen LogP contribution is 2.36. The van der Waals surface area contributed by atoms with Crippen molar-refractivity contribution >= 4 is 39.8 Å². The topological polar surface area (TPSA) is 85.0 Å². The lowest BCUT2D eigenvalue weighted by Crippen LogP contribution is -2.46. The molecule has 0 aromatic rings. The predicted molar refractivity (Wildman–Crippen MR) is 90.3 cm³/mol. The number of morpholine rings is 1. The average Bonchev–Trinajstić information content (AvgIpc) is 2.86. The highest BCUT2D eigenvalue weighted by molar-refractivity contribution is 14.0. The molecule has 1 aliphatic heterocycles. The predicted octanol–water partition coefficient (Wildman–Crippen LogP) is 0.609. The summed E-state index contributed by atoms with van der Waals surface area (Å²) in [5.74, 6) is 0.443. The average molecular weight is 417 g/mol. The molecule has 0 spiro atoms. The van der Waals surface area contributed by atoms with E-state index in [9.17, 15) is 8.42 Å². The molecule has 0 amide bonds. The lowest BCUT2D eigenvalue weighted by molar-refractivity contribution is 0.0674. The zero-order valence-corrected chi connectivity index (χ0v) is 15.0. The molecule has 0 bridgehead atoms. The minimum absolute atomic E-state index is 0. The van der Waals surface area contributed by atoms with Gasteiger partial charge in [-0.2, -0.15) is 0 Å². The minimum atomic E-state index is -3.10. The number of guanidine groups is 1. The molecule has 118 valence electrons. The SMILES string of the molecule is CS(=O)(=O)C1(CN=C(N)N2CCOCC2)CCCC1.I. The van der Waals surface area contributed by atoms with Gasteiger partial charge in [0.15, 0.2) is 15.8 Å². The molecule has 8 heteroatoms. The maximum absolute atomic E-state index is 12.0. The highest BCUT2D eigenvalue weighted by Gasteiger charge is 2.43. The number of halogens is 1. The van der Waals surface area contributed by atoms with Crippen LogP contribution in [0.15, 0.2) is 4.99 Å². The molecular weight excluding hydrogens is 393 g/mol. The van der Waals surface area contributed by atoms with E-state index in [0.717, 1.165) is 25.9 Å². The second-order valence-corrected chi connectivity index (χ2v) is 7.85. The molecule has 0 atom stereocenters. The van der Waals surface area contributed by atoms with Gasteiger partial charge in [0.05, 0.1) is 24.5 Å². The molecule has 2 rings (SSSR count). The molecule has 2 fully saturated rings. The molecule has 0 aromatic heterocycles. The van der Waals surface area contributed by atoms with Gasteiger partial charge >= 0.3 is 0 Å². The fourth-order valence-electron chi connectivity index (χ4n) is 2.78. The molecule has 20 heavy (non-hydrogen) atoms. The van der Waals surface area contributed by atoms with Gasteiger partial charge in [-0.25, -0.2) is 8.42 Å². The summed E-state index contributed by atoms with van der Waals surface area (Å²) in [4.78, 5) is 6.31. The summed E-state index contributed by atoms with van der Waals surface area (Å²) >= 11 is 0. The lowest BCUT2D eigenvalue weighted by Gasteiger charge is -2.29. The minimum Gasteiger partial charge on any atom is -0.378 e. The summed E-state index contributed by atoms with van der Waals surface area (Å²) in [5, 5.41) is 0. The summed E-state index contributed by atoms with van der Waals surface area (Å²) in [5.41, 5.74) is 5.95. The first-order valence-electron chi connectivity index (χ1n) is 6.77. The summed E-state index contributed by atoms with van der Waals surface area (Å²) < 4.78 is 28.6. The molecule has 2 N–H and O–H groups in total. The Kier molecular flexibility index (Phi) is 6.52. The normalized spacial score (nSPS) is 23.4. The number of hydrogen-bond donors (Lipinski definition) is 1. The Balaban J connectivity index is 0.00000200. The molecule has 0 unspecified atom stereocenters. The maximum Gasteiger partial charge on any atom is 0.191 e. The van der Waals surface area contributed by atoms with Gasteiger partial charge in [-0.3, -0.25) is 4.99 Å². The Labute approximate surface area is 138 Å². The third-order valence-corrected chi connectivity index (χ3v) is 6.28. The van der Waals surface area contributed by atoms with E-state index in [1.165, 1.54) is 6.26 Å². The van der Waals surface area contributed by atoms with Gasteiger partial charge in [-0.1, -0.05) is 12.8 Å². The molecule has 1 aliphatic carbocycles. The van der Waals surface area contributed by atoms with Gasteiger partial charge in [0.1, 0.15) is 0 Å². The van der Waals surface area contributed by atoms with Crippen LogP contribution < -0.4 is 5.73 Å². The van der Waals surface area contributed by atoms with Gasteiger partial charge in [0, 0.05) is 19.3 Å². The van der Waals surface area contributed by atoms with Crippen LogP contribution in [0, 0.1) is 0 Å². The van der Waals surface area contributed by atoms with E-state index in [-0.39, 0.29) is 30.5 Å². The Bertz CT molecular complexity index is 441. The molecule has 1 saturated carbocycles. The van der Waals surface area contributed by atoms with E-state index in [4.69, 9.17) is 10.5 Å². The van der Waals surface area contributed by atoms with Gasteiger partial charge in [0.2, 0.25) is 0 Å². The fourth-order valence-corrected chi connectivity index (χ4v) is 4.11. The number of nitrogens with two attached hydrogens (primary N) is 1. The third-order valence-electron chi connectivity index (χ3n) is 4.17. The van der Waals surface area contributed by atoms with Crippen molar-refractivity contribution < 1.29 is 13.2 Å². The van der Waals surface area contributed by atoms with Crippen molar-refractivity contribution in [2.75, 3.05) is 39.1 Å². The van der Waals surface area contributed by atoms with Crippen molar-refractivity contribution in [2.24, 2.45) is 10.7 Å². The number of hydrogen-bond acceptors (Lipinski definition) is 4.